The predicted molar refractivity (Wildman–Crippen MR) is 86.8 cm³/mol. The average Bonchev–Trinajstić information content (AvgIpc) is 2.74. The van der Waals surface area contributed by atoms with Crippen molar-refractivity contribution >= 4 is 11.8 Å². The number of hydrogen-bond acceptors (Lipinski definition) is 5. The Hall–Kier alpha value is -0.910. The van der Waals surface area contributed by atoms with Gasteiger partial charge in [0.1, 0.15) is 0 Å². The second-order valence-corrected chi connectivity index (χ2v) is 5.98. The van der Waals surface area contributed by atoms with Crippen molar-refractivity contribution in [1.29, 1.82) is 0 Å². The summed E-state index contributed by atoms with van der Waals surface area (Å²) in [6.07, 6.45) is 2.02. The van der Waals surface area contributed by atoms with E-state index in [9.17, 15) is 0 Å². The van der Waals surface area contributed by atoms with Crippen molar-refractivity contribution in [3.63, 3.8) is 0 Å². The van der Waals surface area contributed by atoms with Gasteiger partial charge in [-0.15, -0.1) is 11.8 Å². The monoisotopic (exact) mass is 311 g/mol. The zero-order valence-corrected chi connectivity index (χ0v) is 13.5. The summed E-state index contributed by atoms with van der Waals surface area (Å²) in [5.74, 6) is 2.79. The summed E-state index contributed by atoms with van der Waals surface area (Å²) in [6.45, 7) is 7.18. The van der Waals surface area contributed by atoms with Crippen LogP contribution in [0.3, 0.4) is 0 Å². The van der Waals surface area contributed by atoms with Crippen LogP contribution < -0.4 is 14.8 Å². The number of thioether (sulfide) groups is 1. The second-order valence-electron chi connectivity index (χ2n) is 4.81. The first-order chi connectivity index (χ1) is 10.4. The van der Waals surface area contributed by atoms with Crippen molar-refractivity contribution in [3.05, 3.63) is 18.2 Å². The lowest BCUT2D eigenvalue weighted by Crippen LogP contribution is -2.19. The fourth-order valence-electron chi connectivity index (χ4n) is 2.04. The molecule has 118 valence electrons. The molecule has 1 heterocycles. The van der Waals surface area contributed by atoms with Gasteiger partial charge in [-0.05, 0) is 38.1 Å². The highest BCUT2D eigenvalue weighted by atomic mass is 32.2. The van der Waals surface area contributed by atoms with E-state index in [0.29, 0.717) is 0 Å². The summed E-state index contributed by atoms with van der Waals surface area (Å²) >= 11 is 1.84. The average molecular weight is 311 g/mol. The summed E-state index contributed by atoms with van der Waals surface area (Å²) in [5.41, 5.74) is 0. The maximum absolute atomic E-state index is 5.70. The van der Waals surface area contributed by atoms with Crippen molar-refractivity contribution in [2.75, 3.05) is 45.3 Å². The Morgan fingerprint density at radius 1 is 1.19 bits per heavy atom. The van der Waals surface area contributed by atoms with E-state index >= 15 is 0 Å². The lowest BCUT2D eigenvalue weighted by molar-refractivity contribution is 0.145. The van der Waals surface area contributed by atoms with E-state index in [4.69, 9.17) is 14.2 Å². The molecule has 21 heavy (non-hydrogen) atoms. The molecule has 0 unspecified atom stereocenters. The van der Waals surface area contributed by atoms with E-state index in [2.05, 4.69) is 17.4 Å². The molecule has 0 aromatic heterocycles. The third-order valence-electron chi connectivity index (χ3n) is 3.11. The molecule has 1 aromatic rings. The molecule has 0 amide bonds. The van der Waals surface area contributed by atoms with Crippen molar-refractivity contribution in [3.8, 4) is 11.5 Å². The van der Waals surface area contributed by atoms with Gasteiger partial charge in [-0.3, -0.25) is 0 Å². The largest absolute Gasteiger partial charge is 0.490 e. The standard InChI is InChI=1S/C16H25NO3S/c1-2-18-9-3-7-17-8-12-21-14-5-6-15-16(13-14)20-11-4-10-19-15/h5-6,13,17H,2-4,7-12H2,1H3. The molecule has 1 N–H and O–H groups in total. The lowest BCUT2D eigenvalue weighted by Gasteiger charge is -2.09. The summed E-state index contributed by atoms with van der Waals surface area (Å²) in [5, 5.41) is 3.43. The minimum Gasteiger partial charge on any atom is -0.490 e. The number of rotatable bonds is 9. The molecule has 0 saturated heterocycles. The van der Waals surface area contributed by atoms with Crippen molar-refractivity contribution in [1.82, 2.24) is 5.32 Å². The SMILES string of the molecule is CCOCCCNCCSc1ccc2c(c1)OCCCO2. The maximum atomic E-state index is 5.70. The zero-order chi connectivity index (χ0) is 14.8. The smallest absolute Gasteiger partial charge is 0.162 e. The van der Waals surface area contributed by atoms with Crippen LogP contribution in [0.15, 0.2) is 23.1 Å². The summed E-state index contributed by atoms with van der Waals surface area (Å²) in [7, 11) is 0. The third kappa shape index (κ3) is 6.16. The number of fused-ring (bicyclic) bond motifs is 1. The van der Waals surface area contributed by atoms with Crippen LogP contribution in [0.4, 0.5) is 0 Å². The van der Waals surface area contributed by atoms with Gasteiger partial charge >= 0.3 is 0 Å². The van der Waals surface area contributed by atoms with Crippen LogP contribution in [0.1, 0.15) is 19.8 Å². The summed E-state index contributed by atoms with van der Waals surface area (Å²) < 4.78 is 16.6. The van der Waals surface area contributed by atoms with Crippen LogP contribution in [0, 0.1) is 0 Å². The van der Waals surface area contributed by atoms with E-state index < -0.39 is 0 Å². The Morgan fingerprint density at radius 2 is 2.05 bits per heavy atom. The minimum atomic E-state index is 0.739. The quantitative estimate of drug-likeness (QED) is 0.561. The number of benzene rings is 1. The topological polar surface area (TPSA) is 39.7 Å². The highest BCUT2D eigenvalue weighted by Crippen LogP contribution is 2.33. The van der Waals surface area contributed by atoms with E-state index in [0.717, 1.165) is 69.6 Å². The third-order valence-corrected chi connectivity index (χ3v) is 4.11. The molecule has 0 fully saturated rings. The van der Waals surface area contributed by atoms with Gasteiger partial charge in [-0.2, -0.15) is 0 Å². The molecule has 0 spiro atoms. The Balaban J connectivity index is 1.63. The molecule has 0 atom stereocenters. The zero-order valence-electron chi connectivity index (χ0n) is 12.7. The Bertz CT molecular complexity index is 415. The Morgan fingerprint density at radius 3 is 2.90 bits per heavy atom. The van der Waals surface area contributed by atoms with Crippen LogP contribution in [-0.4, -0.2) is 45.3 Å². The number of hydrogen-bond donors (Lipinski definition) is 1. The number of ether oxygens (including phenoxy) is 3. The molecular formula is C16H25NO3S. The van der Waals surface area contributed by atoms with Crippen LogP contribution >= 0.6 is 11.8 Å². The van der Waals surface area contributed by atoms with Crippen molar-refractivity contribution < 1.29 is 14.2 Å². The molecule has 1 aliphatic rings. The van der Waals surface area contributed by atoms with Gasteiger partial charge in [0.05, 0.1) is 13.2 Å². The first-order valence-corrected chi connectivity index (χ1v) is 8.69. The molecule has 0 radical (unpaired) electrons. The van der Waals surface area contributed by atoms with Crippen molar-refractivity contribution in [2.24, 2.45) is 0 Å². The maximum Gasteiger partial charge on any atom is 0.162 e. The van der Waals surface area contributed by atoms with E-state index in [1.807, 2.05) is 24.8 Å². The van der Waals surface area contributed by atoms with Gasteiger partial charge in [0, 0.05) is 36.8 Å². The van der Waals surface area contributed by atoms with Crippen LogP contribution in [0.5, 0.6) is 11.5 Å². The van der Waals surface area contributed by atoms with E-state index in [-0.39, 0.29) is 0 Å². The second kappa shape index (κ2) is 9.92. The molecule has 0 aliphatic carbocycles. The molecule has 1 aliphatic heterocycles. The summed E-state index contributed by atoms with van der Waals surface area (Å²) in [6, 6.07) is 6.20. The normalized spacial score (nSPS) is 14.0. The Labute approximate surface area is 131 Å². The minimum absolute atomic E-state index is 0.739. The van der Waals surface area contributed by atoms with Crippen LogP contribution in [0.25, 0.3) is 0 Å². The van der Waals surface area contributed by atoms with Crippen LogP contribution in [-0.2, 0) is 4.74 Å². The summed E-state index contributed by atoms with van der Waals surface area (Å²) in [4.78, 5) is 1.23. The van der Waals surface area contributed by atoms with E-state index in [1.165, 1.54) is 4.90 Å². The molecule has 0 saturated carbocycles. The fraction of sp³-hybridized carbons (Fsp3) is 0.625. The first kappa shape index (κ1) is 16.5. The van der Waals surface area contributed by atoms with Gasteiger partial charge < -0.3 is 19.5 Å². The predicted octanol–water partition coefficient (Wildman–Crippen LogP) is 2.96. The van der Waals surface area contributed by atoms with Gasteiger partial charge in [0.15, 0.2) is 11.5 Å². The Kier molecular flexibility index (Phi) is 7.78. The molecule has 0 bridgehead atoms. The van der Waals surface area contributed by atoms with Gasteiger partial charge in [0.2, 0.25) is 0 Å². The van der Waals surface area contributed by atoms with Gasteiger partial charge in [-0.1, -0.05) is 0 Å². The van der Waals surface area contributed by atoms with Gasteiger partial charge in [0.25, 0.3) is 0 Å². The molecule has 1 aromatic carbocycles. The number of nitrogens with one attached hydrogen (secondary N) is 1. The fourth-order valence-corrected chi connectivity index (χ4v) is 2.88. The first-order valence-electron chi connectivity index (χ1n) is 7.71. The van der Waals surface area contributed by atoms with E-state index in [1.54, 1.807) is 0 Å². The highest BCUT2D eigenvalue weighted by Gasteiger charge is 2.10. The van der Waals surface area contributed by atoms with Gasteiger partial charge in [-0.25, -0.2) is 0 Å². The molecule has 2 rings (SSSR count). The lowest BCUT2D eigenvalue weighted by atomic mass is 10.3. The molecular weight excluding hydrogens is 286 g/mol. The molecule has 4 nitrogen and oxygen atoms in total. The van der Waals surface area contributed by atoms with Crippen molar-refractivity contribution in [2.45, 2.75) is 24.7 Å². The van der Waals surface area contributed by atoms with Crippen LogP contribution in [0.2, 0.25) is 0 Å². The highest BCUT2D eigenvalue weighted by molar-refractivity contribution is 7.99. The molecule has 5 heteroatoms.